The average molecular weight is 418 g/mol. The zero-order valence-electron chi connectivity index (χ0n) is 17.8. The molecule has 162 valence electrons. The van der Waals surface area contributed by atoms with Gasteiger partial charge in [-0.05, 0) is 46.1 Å². The van der Waals surface area contributed by atoms with Crippen LogP contribution < -0.4 is 16.0 Å². The molecule has 3 amide bonds. The number of carboxylic acid groups (broad SMARTS) is 1. The Morgan fingerprint density at radius 3 is 2.18 bits per heavy atom. The molecular weight excluding hydrogens is 382 g/mol. The first kappa shape index (κ1) is 24.1. The number of nitrogens with one attached hydrogen (secondary N) is 3. The maximum atomic E-state index is 12.1. The van der Waals surface area contributed by atoms with Crippen molar-refractivity contribution in [3.05, 3.63) is 0 Å². The molecule has 3 atom stereocenters. The van der Waals surface area contributed by atoms with E-state index in [0.717, 1.165) is 6.04 Å². The highest BCUT2D eigenvalue weighted by Gasteiger charge is 2.34. The molecule has 28 heavy (non-hydrogen) atoms. The topological polar surface area (TPSA) is 126 Å². The van der Waals surface area contributed by atoms with Gasteiger partial charge in [-0.1, -0.05) is 19.6 Å². The highest BCUT2D eigenvalue weighted by atomic mass is 28.3. The van der Waals surface area contributed by atoms with Crippen LogP contribution in [0.2, 0.25) is 25.7 Å². The van der Waals surface area contributed by atoms with Crippen LogP contribution >= 0.6 is 0 Å². The molecule has 1 fully saturated rings. The monoisotopic (exact) mass is 417 g/mol. The fourth-order valence-corrected chi connectivity index (χ4v) is 3.62. The van der Waals surface area contributed by atoms with E-state index in [-0.39, 0.29) is 6.04 Å². The summed E-state index contributed by atoms with van der Waals surface area (Å²) in [6, 6.07) is -0.275. The number of rotatable bonds is 6. The number of amides is 3. The number of carbonyl (C=O) groups is 3. The second kappa shape index (κ2) is 9.99. The molecule has 9 nitrogen and oxygen atoms in total. The number of carbonyl (C=O) groups excluding carboxylic acids is 2. The summed E-state index contributed by atoms with van der Waals surface area (Å²) in [5.41, 5.74) is -0.660. The van der Waals surface area contributed by atoms with Crippen molar-refractivity contribution in [3.63, 3.8) is 0 Å². The lowest BCUT2D eigenvalue weighted by Gasteiger charge is -2.36. The maximum Gasteiger partial charge on any atom is 0.407 e. The summed E-state index contributed by atoms with van der Waals surface area (Å²) < 4.78 is 10.5. The Bertz CT molecular complexity index is 559. The lowest BCUT2D eigenvalue weighted by atomic mass is 9.86. The third kappa shape index (κ3) is 10.4. The van der Waals surface area contributed by atoms with E-state index in [9.17, 15) is 14.4 Å². The Labute approximate surface area is 167 Å². The van der Waals surface area contributed by atoms with Gasteiger partial charge < -0.3 is 30.5 Å². The second-order valence-electron chi connectivity index (χ2n) is 9.41. The maximum absolute atomic E-state index is 12.1. The number of hydrogen-bond acceptors (Lipinski definition) is 5. The zero-order chi connectivity index (χ0) is 21.5. The van der Waals surface area contributed by atoms with Gasteiger partial charge in [0.15, 0.2) is 0 Å². The molecule has 4 N–H and O–H groups in total. The summed E-state index contributed by atoms with van der Waals surface area (Å²) in [7, 11) is -1.28. The normalized spacial score (nSPS) is 22.7. The van der Waals surface area contributed by atoms with Crippen molar-refractivity contribution in [1.82, 2.24) is 16.0 Å². The molecule has 0 aliphatic heterocycles. The summed E-state index contributed by atoms with van der Waals surface area (Å²) in [6.45, 7) is 12.3. The quantitative estimate of drug-likeness (QED) is 0.492. The van der Waals surface area contributed by atoms with Crippen molar-refractivity contribution < 1.29 is 29.0 Å². The molecule has 0 saturated heterocycles. The van der Waals surface area contributed by atoms with Gasteiger partial charge in [0.25, 0.3) is 0 Å². The van der Waals surface area contributed by atoms with Crippen LogP contribution in [0.1, 0.15) is 40.0 Å². The Morgan fingerprint density at radius 1 is 1.00 bits per heavy atom. The Balaban J connectivity index is 2.61. The lowest BCUT2D eigenvalue weighted by Crippen LogP contribution is -2.58. The van der Waals surface area contributed by atoms with Crippen LogP contribution in [0.4, 0.5) is 14.4 Å². The van der Waals surface area contributed by atoms with Gasteiger partial charge in [0.2, 0.25) is 0 Å². The number of alkyl carbamates (subject to hydrolysis) is 2. The minimum Gasteiger partial charge on any atom is -0.465 e. The highest BCUT2D eigenvalue weighted by molar-refractivity contribution is 6.76. The fraction of sp³-hybridized carbons (Fsp3) is 0.833. The lowest BCUT2D eigenvalue weighted by molar-refractivity contribution is 0.0471. The van der Waals surface area contributed by atoms with E-state index in [2.05, 4.69) is 35.6 Å². The first-order valence-electron chi connectivity index (χ1n) is 9.67. The zero-order valence-corrected chi connectivity index (χ0v) is 18.8. The highest BCUT2D eigenvalue weighted by Crippen LogP contribution is 2.21. The van der Waals surface area contributed by atoms with Gasteiger partial charge in [-0.3, -0.25) is 0 Å². The molecule has 1 aliphatic rings. The van der Waals surface area contributed by atoms with E-state index in [1.54, 1.807) is 20.8 Å². The molecule has 0 spiro atoms. The smallest absolute Gasteiger partial charge is 0.407 e. The van der Waals surface area contributed by atoms with Crippen LogP contribution in [0.3, 0.4) is 0 Å². The molecule has 1 saturated carbocycles. The van der Waals surface area contributed by atoms with Gasteiger partial charge in [-0.15, -0.1) is 0 Å². The van der Waals surface area contributed by atoms with E-state index in [1.807, 2.05) is 0 Å². The minimum atomic E-state index is -1.28. The first-order valence-corrected chi connectivity index (χ1v) is 13.4. The van der Waals surface area contributed by atoms with Crippen LogP contribution in [0, 0.1) is 0 Å². The van der Waals surface area contributed by atoms with Crippen LogP contribution in [0.15, 0.2) is 0 Å². The number of hydrogen-bond donors (Lipinski definition) is 4. The van der Waals surface area contributed by atoms with Crippen molar-refractivity contribution in [2.45, 2.75) is 89.4 Å². The molecule has 0 aromatic rings. The Kier molecular flexibility index (Phi) is 8.59. The summed E-state index contributed by atoms with van der Waals surface area (Å²) in [5, 5.41) is 17.0. The molecule has 1 rings (SSSR count). The van der Waals surface area contributed by atoms with E-state index in [4.69, 9.17) is 14.6 Å². The third-order valence-electron chi connectivity index (χ3n) is 4.27. The molecule has 0 unspecified atom stereocenters. The molecular formula is C18H35N3O6Si. The van der Waals surface area contributed by atoms with Gasteiger partial charge in [0.05, 0.1) is 18.7 Å². The predicted octanol–water partition coefficient (Wildman–Crippen LogP) is 3.13. The van der Waals surface area contributed by atoms with Crippen LogP contribution in [0.25, 0.3) is 0 Å². The predicted molar refractivity (Wildman–Crippen MR) is 108 cm³/mol. The third-order valence-corrected chi connectivity index (χ3v) is 5.97. The number of ether oxygens (including phenoxy) is 2. The van der Waals surface area contributed by atoms with Crippen molar-refractivity contribution in [3.8, 4) is 0 Å². The molecule has 10 heteroatoms. The Morgan fingerprint density at radius 2 is 1.64 bits per heavy atom. The molecule has 0 bridgehead atoms. The summed E-state index contributed by atoms with van der Waals surface area (Å²) in [6.07, 6.45) is -0.810. The van der Waals surface area contributed by atoms with Gasteiger partial charge in [-0.25, -0.2) is 14.4 Å². The van der Waals surface area contributed by atoms with Crippen LogP contribution in [-0.4, -0.2) is 61.8 Å². The van der Waals surface area contributed by atoms with E-state index < -0.39 is 44.0 Å². The van der Waals surface area contributed by atoms with Gasteiger partial charge in [0, 0.05) is 14.1 Å². The molecule has 1 aliphatic carbocycles. The van der Waals surface area contributed by atoms with Gasteiger partial charge in [0.1, 0.15) is 5.60 Å². The van der Waals surface area contributed by atoms with Gasteiger partial charge in [-0.2, -0.15) is 0 Å². The van der Waals surface area contributed by atoms with Crippen molar-refractivity contribution in [2.75, 3.05) is 6.61 Å². The molecule has 0 aromatic heterocycles. The van der Waals surface area contributed by atoms with Crippen LogP contribution in [0.5, 0.6) is 0 Å². The van der Waals surface area contributed by atoms with E-state index in [1.165, 1.54) is 0 Å². The average Bonchev–Trinajstić information content (AvgIpc) is 2.46. The fourth-order valence-electron chi connectivity index (χ4n) is 2.91. The minimum absolute atomic E-state index is 0.217. The molecule has 0 radical (unpaired) electrons. The summed E-state index contributed by atoms with van der Waals surface area (Å²) in [5.74, 6) is 0. The van der Waals surface area contributed by atoms with Crippen molar-refractivity contribution >= 4 is 26.4 Å². The van der Waals surface area contributed by atoms with Gasteiger partial charge >= 0.3 is 18.3 Å². The molecule has 0 aromatic carbocycles. The Hall–Kier alpha value is -1.97. The second-order valence-corrected chi connectivity index (χ2v) is 15.0. The van der Waals surface area contributed by atoms with E-state index in [0.29, 0.717) is 25.9 Å². The standard InChI is InChI=1S/C18H35N3O6Si/c1-18(2,3)27-17(25)21-14-11-12(7-8-13(14)20-15(22)23)19-16(24)26-9-10-28(4,5)6/h12-14,20H,7-11H2,1-6H3,(H,19,24)(H,21,25)(H,22,23)/t12-,13-,14+/m0/s1. The summed E-state index contributed by atoms with van der Waals surface area (Å²) >= 11 is 0. The SMILES string of the molecule is CC(C)(C)OC(=O)N[C@@H]1C[C@@H](NC(=O)OCC[Si](C)(C)C)CC[C@@H]1NC(=O)O. The largest absolute Gasteiger partial charge is 0.465 e. The first-order chi connectivity index (χ1) is 12.7. The summed E-state index contributed by atoms with van der Waals surface area (Å²) in [4.78, 5) is 35.2. The van der Waals surface area contributed by atoms with Crippen LogP contribution in [-0.2, 0) is 9.47 Å². The van der Waals surface area contributed by atoms with Crippen molar-refractivity contribution in [1.29, 1.82) is 0 Å². The molecule has 0 heterocycles. The van der Waals surface area contributed by atoms with E-state index >= 15 is 0 Å². The van der Waals surface area contributed by atoms with Crippen molar-refractivity contribution in [2.24, 2.45) is 0 Å².